The predicted molar refractivity (Wildman–Crippen MR) is 75.7 cm³/mol. The second-order valence-corrected chi connectivity index (χ2v) is 4.57. The molecule has 1 unspecified atom stereocenters. The molecule has 20 heavy (non-hydrogen) atoms. The Morgan fingerprint density at radius 2 is 2.15 bits per heavy atom. The summed E-state index contributed by atoms with van der Waals surface area (Å²) >= 11 is 0. The van der Waals surface area contributed by atoms with Gasteiger partial charge >= 0.3 is 0 Å². The van der Waals surface area contributed by atoms with E-state index in [2.05, 4.69) is 10.3 Å². The number of rotatable bonds is 6. The van der Waals surface area contributed by atoms with Gasteiger partial charge in [-0.15, -0.1) is 0 Å². The number of carbonyl (C=O) groups is 1. The van der Waals surface area contributed by atoms with Gasteiger partial charge < -0.3 is 15.5 Å². The second-order valence-electron chi connectivity index (χ2n) is 4.57. The van der Waals surface area contributed by atoms with Crippen molar-refractivity contribution >= 4 is 5.91 Å². The lowest BCUT2D eigenvalue weighted by Gasteiger charge is -2.11. The van der Waals surface area contributed by atoms with E-state index >= 15 is 0 Å². The van der Waals surface area contributed by atoms with E-state index in [-0.39, 0.29) is 18.4 Å². The molecule has 0 aliphatic heterocycles. The number of oxazole rings is 1. The Balaban J connectivity index is 1.80. The number of amides is 1. The highest BCUT2D eigenvalue weighted by Gasteiger charge is 2.12. The predicted octanol–water partition coefficient (Wildman–Crippen LogP) is 1.94. The largest absolute Gasteiger partial charge is 0.444 e. The van der Waals surface area contributed by atoms with Gasteiger partial charge in [-0.05, 0) is 5.56 Å². The molecule has 1 aromatic carbocycles. The van der Waals surface area contributed by atoms with Gasteiger partial charge in [0, 0.05) is 18.9 Å². The Labute approximate surface area is 118 Å². The molecule has 0 fully saturated rings. The Morgan fingerprint density at radius 3 is 2.80 bits per heavy atom. The Kier molecular flexibility index (Phi) is 4.90. The first-order valence-corrected chi connectivity index (χ1v) is 6.70. The van der Waals surface area contributed by atoms with E-state index in [1.165, 1.54) is 0 Å². The molecule has 0 radical (unpaired) electrons. The van der Waals surface area contributed by atoms with Crippen molar-refractivity contribution < 1.29 is 9.21 Å². The van der Waals surface area contributed by atoms with Crippen molar-refractivity contribution in [1.82, 2.24) is 10.3 Å². The van der Waals surface area contributed by atoms with E-state index in [0.29, 0.717) is 12.4 Å². The molecular weight excluding hydrogens is 254 g/mol. The number of nitrogens with two attached hydrogens (primary N) is 1. The number of aryl methyl sites for hydroxylation is 1. The highest BCUT2D eigenvalue weighted by molar-refractivity contribution is 5.76. The minimum Gasteiger partial charge on any atom is -0.444 e. The molecule has 5 heteroatoms. The van der Waals surface area contributed by atoms with Crippen molar-refractivity contribution in [3.05, 3.63) is 53.7 Å². The normalized spacial score (nSPS) is 12.1. The molecular formula is C15H19N3O2. The smallest absolute Gasteiger partial charge is 0.222 e. The average molecular weight is 273 g/mol. The first-order chi connectivity index (χ1) is 9.69. The number of benzene rings is 1. The van der Waals surface area contributed by atoms with Crippen LogP contribution in [0.1, 0.15) is 36.6 Å². The maximum atomic E-state index is 11.8. The van der Waals surface area contributed by atoms with E-state index in [1.807, 2.05) is 37.3 Å². The first-order valence-electron chi connectivity index (χ1n) is 6.70. The van der Waals surface area contributed by atoms with Crippen LogP contribution in [0.25, 0.3) is 0 Å². The van der Waals surface area contributed by atoms with Gasteiger partial charge in [0.05, 0.1) is 12.7 Å². The quantitative estimate of drug-likeness (QED) is 0.842. The summed E-state index contributed by atoms with van der Waals surface area (Å²) < 4.78 is 5.42. The zero-order valence-electron chi connectivity index (χ0n) is 11.5. The molecule has 0 bridgehead atoms. The molecule has 3 N–H and O–H groups in total. The zero-order chi connectivity index (χ0) is 14.4. The SMILES string of the molecule is CCc1cnc(CNC(=O)CC(N)c2ccccc2)o1. The van der Waals surface area contributed by atoms with Crippen LogP contribution in [-0.2, 0) is 17.8 Å². The Morgan fingerprint density at radius 1 is 1.40 bits per heavy atom. The molecule has 1 heterocycles. The second kappa shape index (κ2) is 6.86. The van der Waals surface area contributed by atoms with Crippen molar-refractivity contribution in [2.75, 3.05) is 0 Å². The summed E-state index contributed by atoms with van der Waals surface area (Å²) in [5, 5.41) is 2.76. The summed E-state index contributed by atoms with van der Waals surface area (Å²) in [5.41, 5.74) is 6.94. The van der Waals surface area contributed by atoms with Gasteiger partial charge in [0.1, 0.15) is 5.76 Å². The molecule has 0 saturated heterocycles. The fourth-order valence-electron chi connectivity index (χ4n) is 1.86. The molecule has 2 aromatic rings. The van der Waals surface area contributed by atoms with Gasteiger partial charge in [-0.2, -0.15) is 0 Å². The molecule has 106 valence electrons. The van der Waals surface area contributed by atoms with Gasteiger partial charge in [-0.3, -0.25) is 4.79 Å². The lowest BCUT2D eigenvalue weighted by molar-refractivity contribution is -0.121. The maximum absolute atomic E-state index is 11.8. The standard InChI is InChI=1S/C15H19N3O2/c1-2-12-9-18-15(20-12)10-17-14(19)8-13(16)11-6-4-3-5-7-11/h3-7,9,13H,2,8,10,16H2,1H3,(H,17,19). The van der Waals surface area contributed by atoms with Crippen molar-refractivity contribution in [2.24, 2.45) is 5.73 Å². The lowest BCUT2D eigenvalue weighted by Crippen LogP contribution is -2.27. The number of nitrogens with zero attached hydrogens (tertiary/aromatic N) is 1. The van der Waals surface area contributed by atoms with Gasteiger partial charge in [0.15, 0.2) is 0 Å². The molecule has 1 atom stereocenters. The average Bonchev–Trinajstić information content (AvgIpc) is 2.94. The number of carbonyl (C=O) groups excluding carboxylic acids is 1. The van der Waals surface area contributed by atoms with E-state index in [4.69, 9.17) is 10.2 Å². The van der Waals surface area contributed by atoms with Crippen molar-refractivity contribution in [1.29, 1.82) is 0 Å². The summed E-state index contributed by atoms with van der Waals surface area (Å²) in [7, 11) is 0. The fraction of sp³-hybridized carbons (Fsp3) is 0.333. The van der Waals surface area contributed by atoms with Crippen LogP contribution < -0.4 is 11.1 Å². The molecule has 2 rings (SSSR count). The first kappa shape index (κ1) is 14.3. The van der Waals surface area contributed by atoms with Gasteiger partial charge in [0.25, 0.3) is 0 Å². The summed E-state index contributed by atoms with van der Waals surface area (Å²) in [6.07, 6.45) is 2.71. The summed E-state index contributed by atoms with van der Waals surface area (Å²) in [6, 6.07) is 9.27. The van der Waals surface area contributed by atoms with Crippen molar-refractivity contribution in [2.45, 2.75) is 32.4 Å². The molecule has 0 aliphatic carbocycles. The monoisotopic (exact) mass is 273 g/mol. The summed E-state index contributed by atoms with van der Waals surface area (Å²) in [5.74, 6) is 1.22. The summed E-state index contributed by atoms with van der Waals surface area (Å²) in [4.78, 5) is 15.9. The van der Waals surface area contributed by atoms with Crippen LogP contribution in [0.5, 0.6) is 0 Å². The maximum Gasteiger partial charge on any atom is 0.222 e. The molecule has 0 saturated carbocycles. The van der Waals surface area contributed by atoms with Crippen LogP contribution in [0.3, 0.4) is 0 Å². The van der Waals surface area contributed by atoms with Gasteiger partial charge in [-0.25, -0.2) is 4.98 Å². The highest BCUT2D eigenvalue weighted by Crippen LogP contribution is 2.13. The van der Waals surface area contributed by atoms with E-state index in [9.17, 15) is 4.79 Å². The Hall–Kier alpha value is -2.14. The molecule has 0 spiro atoms. The number of hydrogen-bond acceptors (Lipinski definition) is 4. The summed E-state index contributed by atoms with van der Waals surface area (Å²) in [6.45, 7) is 2.28. The minimum atomic E-state index is -0.299. The third kappa shape index (κ3) is 3.93. The van der Waals surface area contributed by atoms with Crippen LogP contribution in [0.4, 0.5) is 0 Å². The number of nitrogens with one attached hydrogen (secondary N) is 1. The lowest BCUT2D eigenvalue weighted by atomic mass is 10.0. The minimum absolute atomic E-state index is 0.113. The van der Waals surface area contributed by atoms with Crippen LogP contribution in [0.2, 0.25) is 0 Å². The topological polar surface area (TPSA) is 81.2 Å². The van der Waals surface area contributed by atoms with Gasteiger partial charge in [-0.1, -0.05) is 37.3 Å². The Bertz CT molecular complexity index is 551. The molecule has 1 amide bonds. The van der Waals surface area contributed by atoms with Crippen LogP contribution in [0.15, 0.2) is 40.9 Å². The van der Waals surface area contributed by atoms with Crippen LogP contribution >= 0.6 is 0 Å². The van der Waals surface area contributed by atoms with Crippen LogP contribution in [-0.4, -0.2) is 10.9 Å². The van der Waals surface area contributed by atoms with Crippen molar-refractivity contribution in [3.8, 4) is 0 Å². The highest BCUT2D eigenvalue weighted by atomic mass is 16.4. The molecule has 0 aliphatic rings. The van der Waals surface area contributed by atoms with Crippen LogP contribution in [0, 0.1) is 0 Å². The fourth-order valence-corrected chi connectivity index (χ4v) is 1.86. The van der Waals surface area contributed by atoms with Crippen molar-refractivity contribution in [3.63, 3.8) is 0 Å². The van der Waals surface area contributed by atoms with E-state index in [0.717, 1.165) is 17.7 Å². The third-order valence-electron chi connectivity index (χ3n) is 3.02. The molecule has 1 aromatic heterocycles. The van der Waals surface area contributed by atoms with E-state index in [1.54, 1.807) is 6.20 Å². The number of hydrogen-bond donors (Lipinski definition) is 2. The van der Waals surface area contributed by atoms with E-state index < -0.39 is 0 Å². The zero-order valence-corrected chi connectivity index (χ0v) is 11.5. The molecule has 5 nitrogen and oxygen atoms in total. The number of aromatic nitrogens is 1. The third-order valence-corrected chi connectivity index (χ3v) is 3.02. The van der Waals surface area contributed by atoms with Gasteiger partial charge in [0.2, 0.25) is 11.8 Å².